The maximum Gasteiger partial charge on any atom is 0.0794 e. The summed E-state index contributed by atoms with van der Waals surface area (Å²) in [4.78, 5) is 8.00. The molecule has 0 aliphatic carbocycles. The molecule has 0 spiro atoms. The van der Waals surface area contributed by atoms with Gasteiger partial charge in [-0.05, 0) is 19.3 Å². The molecule has 0 radical (unpaired) electrons. The number of aromatic nitrogens is 1. The second-order valence-corrected chi connectivity index (χ2v) is 6.48. The lowest BCUT2D eigenvalue weighted by molar-refractivity contribution is -0.0115. The highest BCUT2D eigenvalue weighted by Gasteiger charge is 2.22. The Hall–Kier alpha value is -0.490. The molecule has 0 saturated carbocycles. The van der Waals surface area contributed by atoms with Crippen molar-refractivity contribution in [3.05, 3.63) is 16.6 Å². The Labute approximate surface area is 118 Å². The minimum Gasteiger partial charge on any atom is -0.381 e. The van der Waals surface area contributed by atoms with Gasteiger partial charge in [-0.25, -0.2) is 0 Å². The standard InChI is InChI=1S/C14H22N2O2S/c1-4-16(8-14-7-15-11-19-14)5-2-13(1)18-10-12-3-6-17-9-12/h7,11-13H,1-6,8-10H2/t12-/m0/s1. The first-order valence-corrected chi connectivity index (χ1v) is 8.07. The third kappa shape index (κ3) is 3.99. The quantitative estimate of drug-likeness (QED) is 0.829. The summed E-state index contributed by atoms with van der Waals surface area (Å²) in [6, 6.07) is 0. The van der Waals surface area contributed by atoms with Crippen molar-refractivity contribution < 1.29 is 9.47 Å². The van der Waals surface area contributed by atoms with Crippen LogP contribution in [-0.2, 0) is 16.0 Å². The summed E-state index contributed by atoms with van der Waals surface area (Å²) < 4.78 is 11.4. The lowest BCUT2D eigenvalue weighted by Crippen LogP contribution is -2.37. The van der Waals surface area contributed by atoms with E-state index in [1.165, 1.54) is 11.3 Å². The number of nitrogens with zero attached hydrogens (tertiary/aromatic N) is 2. The predicted molar refractivity (Wildman–Crippen MR) is 75.3 cm³/mol. The molecule has 2 saturated heterocycles. The topological polar surface area (TPSA) is 34.6 Å². The van der Waals surface area contributed by atoms with Crippen LogP contribution in [0.25, 0.3) is 0 Å². The van der Waals surface area contributed by atoms with E-state index < -0.39 is 0 Å². The molecular formula is C14H22N2O2S. The first kappa shape index (κ1) is 13.5. The molecule has 1 atom stereocenters. The van der Waals surface area contributed by atoms with Gasteiger partial charge in [0.25, 0.3) is 0 Å². The molecule has 3 rings (SSSR count). The molecule has 0 amide bonds. The summed E-state index contributed by atoms with van der Waals surface area (Å²) in [7, 11) is 0. The van der Waals surface area contributed by atoms with Gasteiger partial charge >= 0.3 is 0 Å². The van der Waals surface area contributed by atoms with E-state index >= 15 is 0 Å². The van der Waals surface area contributed by atoms with Crippen molar-refractivity contribution in [2.45, 2.75) is 31.9 Å². The lowest BCUT2D eigenvalue weighted by Gasteiger charge is -2.31. The summed E-state index contributed by atoms with van der Waals surface area (Å²) in [5.41, 5.74) is 1.91. The van der Waals surface area contributed by atoms with Crippen LogP contribution in [0.1, 0.15) is 24.1 Å². The highest BCUT2D eigenvalue weighted by Crippen LogP contribution is 2.20. The molecule has 0 N–H and O–H groups in total. The largest absolute Gasteiger partial charge is 0.381 e. The monoisotopic (exact) mass is 282 g/mol. The van der Waals surface area contributed by atoms with Crippen molar-refractivity contribution in [1.29, 1.82) is 0 Å². The fourth-order valence-electron chi connectivity index (χ4n) is 2.76. The van der Waals surface area contributed by atoms with Crippen molar-refractivity contribution in [3.8, 4) is 0 Å². The predicted octanol–water partition coefficient (Wildman–Crippen LogP) is 2.16. The van der Waals surface area contributed by atoms with E-state index in [1.807, 2.05) is 11.7 Å². The van der Waals surface area contributed by atoms with Crippen LogP contribution in [0.3, 0.4) is 0 Å². The van der Waals surface area contributed by atoms with Gasteiger partial charge in [0, 0.05) is 43.2 Å². The second kappa shape index (κ2) is 6.79. The van der Waals surface area contributed by atoms with Gasteiger partial charge in [-0.2, -0.15) is 0 Å². The molecular weight excluding hydrogens is 260 g/mol. The van der Waals surface area contributed by atoms with E-state index in [4.69, 9.17) is 9.47 Å². The Morgan fingerprint density at radius 3 is 2.95 bits per heavy atom. The molecule has 1 aromatic heterocycles. The van der Waals surface area contributed by atoms with Gasteiger partial charge in [0.15, 0.2) is 0 Å². The molecule has 2 aliphatic rings. The van der Waals surface area contributed by atoms with Gasteiger partial charge in [0.1, 0.15) is 0 Å². The zero-order chi connectivity index (χ0) is 12.9. The van der Waals surface area contributed by atoms with Gasteiger partial charge < -0.3 is 9.47 Å². The molecule has 3 heterocycles. The average Bonchev–Trinajstić information content (AvgIpc) is 3.11. The highest BCUT2D eigenvalue weighted by atomic mass is 32.1. The Bertz CT molecular complexity index is 358. The fourth-order valence-corrected chi connectivity index (χ4v) is 3.40. The van der Waals surface area contributed by atoms with Crippen molar-refractivity contribution in [2.24, 2.45) is 5.92 Å². The van der Waals surface area contributed by atoms with Crippen LogP contribution in [0.4, 0.5) is 0 Å². The average molecular weight is 282 g/mol. The first-order valence-electron chi connectivity index (χ1n) is 7.19. The maximum atomic E-state index is 6.03. The van der Waals surface area contributed by atoms with Gasteiger partial charge in [-0.15, -0.1) is 11.3 Å². The van der Waals surface area contributed by atoms with Crippen LogP contribution in [-0.4, -0.2) is 48.9 Å². The molecule has 2 fully saturated rings. The summed E-state index contributed by atoms with van der Waals surface area (Å²) >= 11 is 1.75. The molecule has 19 heavy (non-hydrogen) atoms. The van der Waals surface area contributed by atoms with Crippen molar-refractivity contribution in [1.82, 2.24) is 9.88 Å². The number of thiazole rings is 1. The van der Waals surface area contributed by atoms with Crippen LogP contribution in [0.2, 0.25) is 0 Å². The van der Waals surface area contributed by atoms with Gasteiger partial charge in [0.2, 0.25) is 0 Å². The summed E-state index contributed by atoms with van der Waals surface area (Å²) in [6.45, 7) is 6.03. The number of likely N-dealkylation sites (tertiary alicyclic amines) is 1. The highest BCUT2D eigenvalue weighted by molar-refractivity contribution is 7.09. The number of ether oxygens (including phenoxy) is 2. The minimum atomic E-state index is 0.457. The number of hydrogen-bond donors (Lipinski definition) is 0. The molecule has 0 unspecified atom stereocenters. The van der Waals surface area contributed by atoms with Crippen LogP contribution >= 0.6 is 11.3 Å². The molecule has 2 aliphatic heterocycles. The Balaban J connectivity index is 1.34. The summed E-state index contributed by atoms with van der Waals surface area (Å²) in [5, 5.41) is 0. The number of hydrogen-bond acceptors (Lipinski definition) is 5. The zero-order valence-electron chi connectivity index (χ0n) is 11.3. The van der Waals surface area contributed by atoms with E-state index in [-0.39, 0.29) is 0 Å². The number of piperidine rings is 1. The molecule has 0 bridgehead atoms. The van der Waals surface area contributed by atoms with Crippen LogP contribution in [0, 0.1) is 5.92 Å². The van der Waals surface area contributed by atoms with Gasteiger partial charge in [-0.1, -0.05) is 0 Å². The van der Waals surface area contributed by atoms with Crippen molar-refractivity contribution >= 4 is 11.3 Å². The third-order valence-corrected chi connectivity index (χ3v) is 4.75. The van der Waals surface area contributed by atoms with E-state index in [9.17, 15) is 0 Å². The van der Waals surface area contributed by atoms with Gasteiger partial charge in [-0.3, -0.25) is 9.88 Å². The zero-order valence-corrected chi connectivity index (χ0v) is 12.1. The molecule has 0 aromatic carbocycles. The lowest BCUT2D eigenvalue weighted by atomic mass is 10.1. The van der Waals surface area contributed by atoms with E-state index in [1.54, 1.807) is 11.3 Å². The second-order valence-electron chi connectivity index (χ2n) is 5.51. The smallest absolute Gasteiger partial charge is 0.0794 e. The summed E-state index contributed by atoms with van der Waals surface area (Å²) in [5.74, 6) is 0.634. The van der Waals surface area contributed by atoms with Crippen molar-refractivity contribution in [2.75, 3.05) is 32.9 Å². The fraction of sp³-hybridized carbons (Fsp3) is 0.786. The maximum absolute atomic E-state index is 6.03. The van der Waals surface area contributed by atoms with E-state index in [0.717, 1.165) is 52.3 Å². The van der Waals surface area contributed by atoms with E-state index in [2.05, 4.69) is 9.88 Å². The number of rotatable bonds is 5. The third-order valence-electron chi connectivity index (χ3n) is 3.99. The molecule has 106 valence electrons. The Morgan fingerprint density at radius 1 is 1.37 bits per heavy atom. The van der Waals surface area contributed by atoms with Gasteiger partial charge in [0.05, 0.1) is 24.8 Å². The first-order chi connectivity index (χ1) is 9.40. The normalized spacial score (nSPS) is 26.0. The van der Waals surface area contributed by atoms with E-state index in [0.29, 0.717) is 12.0 Å². The van der Waals surface area contributed by atoms with Crippen LogP contribution in [0.5, 0.6) is 0 Å². The molecule has 1 aromatic rings. The minimum absolute atomic E-state index is 0.457. The molecule has 5 heteroatoms. The Morgan fingerprint density at radius 2 is 2.26 bits per heavy atom. The SMILES string of the molecule is c1ncc(CN2CCC(OC[C@H]3CCOC3)CC2)s1. The van der Waals surface area contributed by atoms with Crippen LogP contribution in [0.15, 0.2) is 11.7 Å². The summed E-state index contributed by atoms with van der Waals surface area (Å²) in [6.07, 6.45) is 5.93. The van der Waals surface area contributed by atoms with Crippen LogP contribution < -0.4 is 0 Å². The van der Waals surface area contributed by atoms with Crippen molar-refractivity contribution in [3.63, 3.8) is 0 Å². The molecule has 4 nitrogen and oxygen atoms in total. The Kier molecular flexibility index (Phi) is 4.82.